The maximum Gasteiger partial charge on any atom is 0.243 e. The minimum atomic E-state index is -3.89. The number of hydrogen-bond acceptors (Lipinski definition) is 3. The molecule has 0 radical (unpaired) electrons. The van der Waals surface area contributed by atoms with Crippen molar-refractivity contribution in [2.24, 2.45) is 0 Å². The van der Waals surface area contributed by atoms with Gasteiger partial charge < -0.3 is 5.32 Å². The number of nitrogens with zero attached hydrogens (tertiary/aromatic N) is 1. The molecule has 0 fully saturated rings. The van der Waals surface area contributed by atoms with E-state index in [1.54, 1.807) is 36.4 Å². The highest BCUT2D eigenvalue weighted by atomic mass is 79.9. The molecule has 0 aliphatic rings. The summed E-state index contributed by atoms with van der Waals surface area (Å²) in [4.78, 5) is 12.2. The van der Waals surface area contributed by atoms with E-state index in [1.165, 1.54) is 18.2 Å². The second-order valence-corrected chi connectivity index (χ2v) is 8.67. The summed E-state index contributed by atoms with van der Waals surface area (Å²) >= 11 is 9.45. The minimum Gasteiger partial charge on any atom is -0.351 e. The predicted octanol–water partition coefficient (Wildman–Crippen LogP) is 3.60. The van der Waals surface area contributed by atoms with Crippen molar-refractivity contribution in [1.29, 1.82) is 0 Å². The molecule has 0 saturated heterocycles. The van der Waals surface area contributed by atoms with Gasteiger partial charge in [0.15, 0.2) is 0 Å². The Bertz CT molecular complexity index is 886. The van der Waals surface area contributed by atoms with Crippen LogP contribution in [0.15, 0.2) is 70.6 Å². The molecular formula is C18H18BrClN2O3S. The fraction of sp³-hybridized carbons (Fsp3) is 0.167. The van der Waals surface area contributed by atoms with E-state index in [4.69, 9.17) is 11.6 Å². The van der Waals surface area contributed by atoms with Crippen molar-refractivity contribution < 1.29 is 13.2 Å². The molecule has 8 heteroatoms. The van der Waals surface area contributed by atoms with Crippen molar-refractivity contribution in [3.8, 4) is 0 Å². The molecule has 0 atom stereocenters. The van der Waals surface area contributed by atoms with Crippen molar-refractivity contribution in [3.05, 3.63) is 76.2 Å². The van der Waals surface area contributed by atoms with Crippen LogP contribution >= 0.6 is 27.5 Å². The van der Waals surface area contributed by atoms with Gasteiger partial charge in [0.25, 0.3) is 0 Å². The molecule has 0 unspecified atom stereocenters. The Labute approximate surface area is 166 Å². The SMILES string of the molecule is C=CCNC(=O)CN(Cc1ccccc1Cl)S(=O)(=O)c1ccc(Br)cc1. The lowest BCUT2D eigenvalue weighted by Crippen LogP contribution is -2.40. The van der Waals surface area contributed by atoms with Crippen LogP contribution < -0.4 is 5.32 Å². The smallest absolute Gasteiger partial charge is 0.243 e. The highest BCUT2D eigenvalue weighted by Gasteiger charge is 2.27. The molecule has 138 valence electrons. The summed E-state index contributed by atoms with van der Waals surface area (Å²) in [5.41, 5.74) is 0.617. The largest absolute Gasteiger partial charge is 0.351 e. The second kappa shape index (κ2) is 9.32. The van der Waals surface area contributed by atoms with Gasteiger partial charge in [-0.1, -0.05) is 51.8 Å². The van der Waals surface area contributed by atoms with Gasteiger partial charge in [-0.05, 0) is 35.9 Å². The molecule has 2 aromatic rings. The summed E-state index contributed by atoms with van der Waals surface area (Å²) in [5, 5.41) is 3.03. The molecule has 0 heterocycles. The lowest BCUT2D eigenvalue weighted by atomic mass is 10.2. The Morgan fingerprint density at radius 2 is 1.85 bits per heavy atom. The zero-order valence-corrected chi connectivity index (χ0v) is 17.0. The molecule has 26 heavy (non-hydrogen) atoms. The number of halogens is 2. The third kappa shape index (κ3) is 5.41. The lowest BCUT2D eigenvalue weighted by Gasteiger charge is -2.22. The van der Waals surface area contributed by atoms with Crippen LogP contribution in [0.3, 0.4) is 0 Å². The summed E-state index contributed by atoms with van der Waals surface area (Å²) < 4.78 is 27.9. The quantitative estimate of drug-likeness (QED) is 0.616. The molecule has 2 aromatic carbocycles. The van der Waals surface area contributed by atoms with Crippen molar-refractivity contribution in [2.45, 2.75) is 11.4 Å². The highest BCUT2D eigenvalue weighted by Crippen LogP contribution is 2.23. The molecule has 1 N–H and O–H groups in total. The lowest BCUT2D eigenvalue weighted by molar-refractivity contribution is -0.121. The number of sulfonamides is 1. The van der Waals surface area contributed by atoms with Gasteiger partial charge in [0.1, 0.15) is 0 Å². The molecule has 0 saturated carbocycles. The fourth-order valence-electron chi connectivity index (χ4n) is 2.20. The van der Waals surface area contributed by atoms with Crippen molar-refractivity contribution in [3.63, 3.8) is 0 Å². The van der Waals surface area contributed by atoms with Gasteiger partial charge in [-0.3, -0.25) is 4.79 Å². The summed E-state index contributed by atoms with van der Waals surface area (Å²) in [6.45, 7) is 3.45. The first-order valence-corrected chi connectivity index (χ1v) is 10.3. The fourth-order valence-corrected chi connectivity index (χ4v) is 4.03. The number of hydrogen-bond donors (Lipinski definition) is 1. The Kier molecular flexibility index (Phi) is 7.40. The maximum atomic E-state index is 13.0. The van der Waals surface area contributed by atoms with E-state index in [0.717, 1.165) is 8.78 Å². The molecule has 2 rings (SSSR count). The van der Waals surface area contributed by atoms with E-state index in [0.29, 0.717) is 10.6 Å². The Morgan fingerprint density at radius 1 is 1.19 bits per heavy atom. The van der Waals surface area contributed by atoms with Crippen LogP contribution in [0, 0.1) is 0 Å². The average Bonchev–Trinajstić information content (AvgIpc) is 2.61. The molecule has 0 spiro atoms. The summed E-state index contributed by atoms with van der Waals surface area (Å²) in [7, 11) is -3.89. The van der Waals surface area contributed by atoms with E-state index in [9.17, 15) is 13.2 Å². The monoisotopic (exact) mass is 456 g/mol. The average molecular weight is 458 g/mol. The van der Waals surface area contributed by atoms with E-state index in [-0.39, 0.29) is 24.5 Å². The zero-order chi connectivity index (χ0) is 19.2. The molecule has 1 amide bonds. The van der Waals surface area contributed by atoms with Crippen molar-refractivity contribution in [2.75, 3.05) is 13.1 Å². The number of nitrogens with one attached hydrogen (secondary N) is 1. The van der Waals surface area contributed by atoms with Crippen LogP contribution in [0.1, 0.15) is 5.56 Å². The van der Waals surface area contributed by atoms with Crippen LogP contribution in [-0.4, -0.2) is 31.7 Å². The van der Waals surface area contributed by atoms with Crippen molar-refractivity contribution >= 4 is 43.5 Å². The van der Waals surface area contributed by atoms with Crippen LogP contribution in [0.25, 0.3) is 0 Å². The van der Waals surface area contributed by atoms with Gasteiger partial charge in [0, 0.05) is 22.6 Å². The highest BCUT2D eigenvalue weighted by molar-refractivity contribution is 9.10. The van der Waals surface area contributed by atoms with Crippen molar-refractivity contribution in [1.82, 2.24) is 9.62 Å². The minimum absolute atomic E-state index is 0.0143. The number of rotatable bonds is 8. The molecule has 0 bridgehead atoms. The first-order chi connectivity index (χ1) is 12.3. The van der Waals surface area contributed by atoms with Gasteiger partial charge in [-0.15, -0.1) is 6.58 Å². The summed E-state index contributed by atoms with van der Waals surface area (Å²) in [6, 6.07) is 13.2. The molecular weight excluding hydrogens is 440 g/mol. The van der Waals surface area contributed by atoms with Gasteiger partial charge >= 0.3 is 0 Å². The Hall–Kier alpha value is -1.67. The van der Waals surface area contributed by atoms with Crippen LogP contribution in [0.4, 0.5) is 0 Å². The third-order valence-corrected chi connectivity index (χ3v) is 6.22. The molecule has 0 aliphatic carbocycles. The van der Waals surface area contributed by atoms with Gasteiger partial charge in [0.05, 0.1) is 11.4 Å². The Balaban J connectivity index is 2.35. The van der Waals surface area contributed by atoms with Crippen LogP contribution in [-0.2, 0) is 21.4 Å². The topological polar surface area (TPSA) is 66.5 Å². The molecule has 0 aromatic heterocycles. The summed E-state index contributed by atoms with van der Waals surface area (Å²) in [6.07, 6.45) is 1.53. The normalized spacial score (nSPS) is 11.3. The maximum absolute atomic E-state index is 13.0. The number of carbonyl (C=O) groups excluding carboxylic acids is 1. The number of amides is 1. The first kappa shape index (κ1) is 20.6. The number of benzene rings is 2. The number of carbonyl (C=O) groups is 1. The molecule has 5 nitrogen and oxygen atoms in total. The molecule has 0 aliphatic heterocycles. The second-order valence-electron chi connectivity index (χ2n) is 5.41. The summed E-state index contributed by atoms with van der Waals surface area (Å²) in [5.74, 6) is -0.419. The van der Waals surface area contributed by atoms with Gasteiger partial charge in [0.2, 0.25) is 15.9 Å². The third-order valence-electron chi connectivity index (χ3n) is 3.52. The van der Waals surface area contributed by atoms with E-state index < -0.39 is 15.9 Å². The Morgan fingerprint density at radius 3 is 2.46 bits per heavy atom. The van der Waals surface area contributed by atoms with E-state index in [1.807, 2.05) is 0 Å². The van der Waals surface area contributed by atoms with E-state index >= 15 is 0 Å². The van der Waals surface area contributed by atoms with Crippen LogP contribution in [0.5, 0.6) is 0 Å². The standard InChI is InChI=1S/C18H18BrClN2O3S/c1-2-11-21-18(23)13-22(12-14-5-3-4-6-17(14)20)26(24,25)16-9-7-15(19)8-10-16/h2-10H,1,11-13H2,(H,21,23). The van der Waals surface area contributed by atoms with Gasteiger partial charge in [-0.25, -0.2) is 8.42 Å². The van der Waals surface area contributed by atoms with Crippen LogP contribution in [0.2, 0.25) is 5.02 Å². The van der Waals surface area contributed by atoms with E-state index in [2.05, 4.69) is 27.8 Å². The predicted molar refractivity (Wildman–Crippen MR) is 106 cm³/mol. The van der Waals surface area contributed by atoms with Gasteiger partial charge in [-0.2, -0.15) is 4.31 Å². The zero-order valence-electron chi connectivity index (χ0n) is 13.9. The first-order valence-electron chi connectivity index (χ1n) is 7.71.